The van der Waals surface area contributed by atoms with Gasteiger partial charge in [0.2, 0.25) is 0 Å². The van der Waals surface area contributed by atoms with E-state index in [0.29, 0.717) is 5.92 Å². The van der Waals surface area contributed by atoms with Crippen LogP contribution < -0.4 is 4.90 Å². The number of anilines is 3. The summed E-state index contributed by atoms with van der Waals surface area (Å²) in [5, 5.41) is 0. The van der Waals surface area contributed by atoms with E-state index in [1.807, 2.05) is 0 Å². The van der Waals surface area contributed by atoms with Gasteiger partial charge in [-0.05, 0) is 67.1 Å². The average molecular weight is 378 g/mol. The van der Waals surface area contributed by atoms with Crippen LogP contribution in [0.2, 0.25) is 0 Å². The topological polar surface area (TPSA) is 3.24 Å². The van der Waals surface area contributed by atoms with Crippen molar-refractivity contribution in [3.05, 3.63) is 121 Å². The van der Waals surface area contributed by atoms with Crippen LogP contribution in [0.15, 0.2) is 115 Å². The molecular formula is C28H27N. The zero-order chi connectivity index (χ0) is 19.7. The van der Waals surface area contributed by atoms with Crippen molar-refractivity contribution in [3.63, 3.8) is 0 Å². The van der Waals surface area contributed by atoms with Gasteiger partial charge in [-0.3, -0.25) is 0 Å². The molecule has 0 spiro atoms. The number of hydrogen-bond acceptors (Lipinski definition) is 1. The number of allylic oxidation sites excluding steroid dienone is 5. The van der Waals surface area contributed by atoms with Gasteiger partial charge in [-0.15, -0.1) is 0 Å². The summed E-state index contributed by atoms with van der Waals surface area (Å²) >= 11 is 0. The second kappa shape index (κ2) is 9.75. The Kier molecular flexibility index (Phi) is 6.39. The van der Waals surface area contributed by atoms with Gasteiger partial charge in [-0.1, -0.05) is 85.0 Å². The highest BCUT2D eigenvalue weighted by atomic mass is 15.1. The van der Waals surface area contributed by atoms with Crippen molar-refractivity contribution < 1.29 is 0 Å². The molecule has 0 fully saturated rings. The molecule has 29 heavy (non-hydrogen) atoms. The fraction of sp³-hybridized carbons (Fsp3) is 0.143. The van der Waals surface area contributed by atoms with Gasteiger partial charge >= 0.3 is 0 Å². The summed E-state index contributed by atoms with van der Waals surface area (Å²) in [6.45, 7) is 0. The lowest BCUT2D eigenvalue weighted by molar-refractivity contribution is 0.631. The number of rotatable bonds is 6. The van der Waals surface area contributed by atoms with Gasteiger partial charge in [-0.25, -0.2) is 0 Å². The van der Waals surface area contributed by atoms with Crippen LogP contribution in [-0.4, -0.2) is 0 Å². The molecule has 0 saturated carbocycles. The van der Waals surface area contributed by atoms with Crippen LogP contribution in [0.25, 0.3) is 6.08 Å². The predicted octanol–water partition coefficient (Wildman–Crippen LogP) is 8.08. The largest absolute Gasteiger partial charge is 0.311 e. The monoisotopic (exact) mass is 377 g/mol. The van der Waals surface area contributed by atoms with Crippen LogP contribution in [0, 0.1) is 5.92 Å². The molecule has 0 saturated heterocycles. The molecule has 0 bridgehead atoms. The van der Waals surface area contributed by atoms with E-state index in [1.165, 1.54) is 24.8 Å². The van der Waals surface area contributed by atoms with Crippen LogP contribution in [0.4, 0.5) is 17.1 Å². The number of para-hydroxylation sites is 2. The lowest BCUT2D eigenvalue weighted by atomic mass is 9.95. The average Bonchev–Trinajstić information content (AvgIpc) is 2.80. The highest BCUT2D eigenvalue weighted by Gasteiger charge is 2.11. The van der Waals surface area contributed by atoms with Crippen LogP contribution in [-0.2, 0) is 0 Å². The standard InChI is InChI=1S/C28H27N/c1-4-12-24(13-5-1)14-10-11-15-25-20-22-28(23-21-25)29(26-16-6-2-7-17-26)27-18-8-3-9-19-27/h2-4,6-12,14-24H,1,5,13H2/b14-10+,15-11+. The summed E-state index contributed by atoms with van der Waals surface area (Å²) < 4.78 is 0. The number of benzene rings is 3. The lowest BCUT2D eigenvalue weighted by Gasteiger charge is -2.25. The fourth-order valence-electron chi connectivity index (χ4n) is 3.71. The SMILES string of the molecule is C1=CC(/C=C/C=C/c2ccc(N(c3ccccc3)c3ccccc3)cc2)CCC1. The molecule has 3 aromatic carbocycles. The zero-order valence-electron chi connectivity index (χ0n) is 16.7. The van der Waals surface area contributed by atoms with Crippen molar-refractivity contribution in [2.24, 2.45) is 5.92 Å². The molecule has 0 aromatic heterocycles. The van der Waals surface area contributed by atoms with E-state index in [0.717, 1.165) is 17.1 Å². The minimum atomic E-state index is 0.598. The molecule has 1 aliphatic carbocycles. The molecule has 144 valence electrons. The van der Waals surface area contributed by atoms with Crippen LogP contribution >= 0.6 is 0 Å². The summed E-state index contributed by atoms with van der Waals surface area (Å²) in [7, 11) is 0. The third-order valence-electron chi connectivity index (χ3n) is 5.23. The van der Waals surface area contributed by atoms with Gasteiger partial charge in [0, 0.05) is 17.1 Å². The minimum absolute atomic E-state index is 0.598. The Morgan fingerprint density at radius 1 is 0.690 bits per heavy atom. The molecule has 1 nitrogen and oxygen atoms in total. The molecule has 1 atom stereocenters. The van der Waals surface area contributed by atoms with Gasteiger partial charge in [-0.2, -0.15) is 0 Å². The Balaban J connectivity index is 1.51. The van der Waals surface area contributed by atoms with E-state index in [9.17, 15) is 0 Å². The van der Waals surface area contributed by atoms with Crippen LogP contribution in [0.5, 0.6) is 0 Å². The van der Waals surface area contributed by atoms with E-state index in [1.54, 1.807) is 0 Å². The third-order valence-corrected chi connectivity index (χ3v) is 5.23. The van der Waals surface area contributed by atoms with Gasteiger partial charge in [0.05, 0.1) is 0 Å². The van der Waals surface area contributed by atoms with Gasteiger partial charge in [0.15, 0.2) is 0 Å². The molecule has 0 N–H and O–H groups in total. The second-order valence-corrected chi connectivity index (χ2v) is 7.36. The maximum absolute atomic E-state index is 2.32. The third kappa shape index (κ3) is 5.14. The first-order chi connectivity index (χ1) is 14.4. The molecule has 0 heterocycles. The molecule has 0 aliphatic heterocycles. The van der Waals surface area contributed by atoms with E-state index >= 15 is 0 Å². The summed E-state index contributed by atoms with van der Waals surface area (Å²) in [6, 6.07) is 29.7. The smallest absolute Gasteiger partial charge is 0.0462 e. The van der Waals surface area contributed by atoms with Crippen LogP contribution in [0.3, 0.4) is 0 Å². The minimum Gasteiger partial charge on any atom is -0.311 e. The molecule has 1 unspecified atom stereocenters. The van der Waals surface area contributed by atoms with E-state index in [4.69, 9.17) is 0 Å². The summed E-state index contributed by atoms with van der Waals surface area (Å²) in [5.74, 6) is 0.598. The molecule has 1 heteroatoms. The first kappa shape index (κ1) is 19.0. The van der Waals surface area contributed by atoms with Crippen molar-refractivity contribution in [2.45, 2.75) is 19.3 Å². The highest BCUT2D eigenvalue weighted by Crippen LogP contribution is 2.34. The Morgan fingerprint density at radius 3 is 1.90 bits per heavy atom. The Bertz CT molecular complexity index is 926. The molecule has 0 amide bonds. The molecule has 3 aromatic rings. The van der Waals surface area contributed by atoms with Crippen molar-refractivity contribution in [1.82, 2.24) is 0 Å². The zero-order valence-corrected chi connectivity index (χ0v) is 16.7. The number of hydrogen-bond donors (Lipinski definition) is 0. The fourth-order valence-corrected chi connectivity index (χ4v) is 3.71. The molecule has 0 radical (unpaired) electrons. The van der Waals surface area contributed by atoms with Crippen molar-refractivity contribution >= 4 is 23.1 Å². The van der Waals surface area contributed by atoms with E-state index in [2.05, 4.69) is 126 Å². The van der Waals surface area contributed by atoms with Gasteiger partial charge < -0.3 is 4.90 Å². The molecule has 4 rings (SSSR count). The number of nitrogens with zero attached hydrogens (tertiary/aromatic N) is 1. The van der Waals surface area contributed by atoms with Crippen molar-refractivity contribution in [3.8, 4) is 0 Å². The van der Waals surface area contributed by atoms with Crippen LogP contribution in [0.1, 0.15) is 24.8 Å². The van der Waals surface area contributed by atoms with Gasteiger partial charge in [0.25, 0.3) is 0 Å². The van der Waals surface area contributed by atoms with Gasteiger partial charge in [0.1, 0.15) is 0 Å². The van der Waals surface area contributed by atoms with Crippen molar-refractivity contribution in [1.29, 1.82) is 0 Å². The molecular weight excluding hydrogens is 350 g/mol. The second-order valence-electron chi connectivity index (χ2n) is 7.36. The van der Waals surface area contributed by atoms with Crippen molar-refractivity contribution in [2.75, 3.05) is 4.90 Å². The predicted molar refractivity (Wildman–Crippen MR) is 126 cm³/mol. The Morgan fingerprint density at radius 2 is 1.31 bits per heavy atom. The van der Waals surface area contributed by atoms with E-state index in [-0.39, 0.29) is 0 Å². The lowest BCUT2D eigenvalue weighted by Crippen LogP contribution is -2.09. The highest BCUT2D eigenvalue weighted by molar-refractivity contribution is 5.76. The maximum atomic E-state index is 2.32. The Labute approximate surface area is 174 Å². The summed E-state index contributed by atoms with van der Waals surface area (Å²) in [6.07, 6.45) is 17.2. The van der Waals surface area contributed by atoms with E-state index < -0.39 is 0 Å². The Hall–Kier alpha value is -3.32. The summed E-state index contributed by atoms with van der Waals surface area (Å²) in [5.41, 5.74) is 4.68. The maximum Gasteiger partial charge on any atom is 0.0462 e. The first-order valence-corrected chi connectivity index (χ1v) is 10.4. The quantitative estimate of drug-likeness (QED) is 0.310. The summed E-state index contributed by atoms with van der Waals surface area (Å²) in [4.78, 5) is 2.28. The normalized spacial score (nSPS) is 16.5. The molecule has 1 aliphatic rings. The first-order valence-electron chi connectivity index (χ1n) is 10.4.